The molecule has 4 aromatic carbocycles. The smallest absolute Gasteiger partial charge is 0.131 e. The molecule has 0 fully saturated rings. The third-order valence-electron chi connectivity index (χ3n) is 6.61. The summed E-state index contributed by atoms with van der Waals surface area (Å²) in [5.74, 6) is 0.369. The van der Waals surface area contributed by atoms with Gasteiger partial charge in [-0.1, -0.05) is 78.4 Å². The first kappa shape index (κ1) is 16.6. The number of hydrogen-bond acceptors (Lipinski definition) is 1. The van der Waals surface area contributed by atoms with Gasteiger partial charge in [0.1, 0.15) is 5.75 Å². The highest BCUT2D eigenvalue weighted by Crippen LogP contribution is 2.43. The first-order chi connectivity index (χ1) is 14.3. The summed E-state index contributed by atoms with van der Waals surface area (Å²) in [5, 5.41) is 15.5. The summed E-state index contributed by atoms with van der Waals surface area (Å²) in [7, 11) is 0. The highest BCUT2D eigenvalue weighted by Gasteiger charge is 2.21. The molecule has 0 bridgehead atoms. The minimum atomic E-state index is 0.369. The van der Waals surface area contributed by atoms with Crippen LogP contribution >= 0.6 is 0 Å². The molecule has 29 heavy (non-hydrogen) atoms. The monoisotopic (exact) mass is 374 g/mol. The van der Waals surface area contributed by atoms with Crippen LogP contribution in [0, 0.1) is 0 Å². The Balaban J connectivity index is 1.60. The van der Waals surface area contributed by atoms with E-state index in [4.69, 9.17) is 0 Å². The lowest BCUT2D eigenvalue weighted by atomic mass is 9.79. The number of aryl methyl sites for hydroxylation is 1. The summed E-state index contributed by atoms with van der Waals surface area (Å²) in [6, 6.07) is 23.2. The summed E-state index contributed by atoms with van der Waals surface area (Å²) >= 11 is 0. The zero-order valence-electron chi connectivity index (χ0n) is 16.3. The molecule has 0 aliphatic heterocycles. The molecular formula is C28H22O. The quantitative estimate of drug-likeness (QED) is 0.368. The molecule has 0 heterocycles. The summed E-state index contributed by atoms with van der Waals surface area (Å²) in [4.78, 5) is 0. The van der Waals surface area contributed by atoms with Gasteiger partial charge in [-0.2, -0.15) is 0 Å². The SMILES string of the molecule is Oc1c(-c2cccc3c4c(ccc23)C2=C(CCC=C2)CC4)ccc2ccccc12. The van der Waals surface area contributed by atoms with E-state index >= 15 is 0 Å². The normalized spacial score (nSPS) is 15.6. The molecular weight excluding hydrogens is 352 g/mol. The molecule has 0 amide bonds. The van der Waals surface area contributed by atoms with Gasteiger partial charge in [-0.05, 0) is 70.2 Å². The molecule has 0 aromatic heterocycles. The number of rotatable bonds is 1. The fraction of sp³-hybridized carbons (Fsp3) is 0.143. The van der Waals surface area contributed by atoms with Crippen molar-refractivity contribution < 1.29 is 5.11 Å². The van der Waals surface area contributed by atoms with Crippen molar-refractivity contribution in [3.05, 3.63) is 95.6 Å². The Morgan fingerprint density at radius 1 is 0.621 bits per heavy atom. The second kappa shape index (κ2) is 6.35. The fourth-order valence-electron chi connectivity index (χ4n) is 5.18. The summed E-state index contributed by atoms with van der Waals surface area (Å²) in [6.45, 7) is 0. The third-order valence-corrected chi connectivity index (χ3v) is 6.61. The number of benzene rings is 4. The predicted octanol–water partition coefficient (Wildman–Crippen LogP) is 7.42. The minimum Gasteiger partial charge on any atom is -0.507 e. The molecule has 0 spiro atoms. The third kappa shape index (κ3) is 2.47. The summed E-state index contributed by atoms with van der Waals surface area (Å²) in [6.07, 6.45) is 9.27. The molecule has 4 aromatic rings. The molecule has 6 rings (SSSR count). The minimum absolute atomic E-state index is 0.369. The van der Waals surface area contributed by atoms with E-state index in [0.717, 1.165) is 34.7 Å². The zero-order valence-corrected chi connectivity index (χ0v) is 16.3. The van der Waals surface area contributed by atoms with Gasteiger partial charge < -0.3 is 5.11 Å². The van der Waals surface area contributed by atoms with Crippen molar-refractivity contribution in [2.75, 3.05) is 0 Å². The number of phenolic OH excluding ortho intramolecular Hbond substituents is 1. The molecule has 1 heteroatoms. The highest BCUT2D eigenvalue weighted by atomic mass is 16.3. The van der Waals surface area contributed by atoms with Crippen LogP contribution in [-0.4, -0.2) is 5.11 Å². The standard InChI is InChI=1S/C28H22O/c29-28-21-9-4-2-7-19(21)13-15-27(28)23-11-5-10-22-25-14-12-18-6-1-3-8-20(18)24(25)16-17-26(22)23/h2-5,7-11,13,15-17,29H,1,6,12,14H2. The van der Waals surface area contributed by atoms with Gasteiger partial charge in [-0.25, -0.2) is 0 Å². The molecule has 140 valence electrons. The Hall–Kier alpha value is -3.32. The van der Waals surface area contributed by atoms with Crippen LogP contribution in [0.25, 0.3) is 38.2 Å². The Morgan fingerprint density at radius 3 is 2.45 bits per heavy atom. The van der Waals surface area contributed by atoms with E-state index < -0.39 is 0 Å². The van der Waals surface area contributed by atoms with E-state index in [1.54, 1.807) is 5.57 Å². The Bertz CT molecular complexity index is 1350. The average Bonchev–Trinajstić information content (AvgIpc) is 2.79. The zero-order chi connectivity index (χ0) is 19.4. The van der Waals surface area contributed by atoms with E-state index in [1.807, 2.05) is 24.3 Å². The molecule has 1 N–H and O–H groups in total. The van der Waals surface area contributed by atoms with E-state index in [1.165, 1.54) is 40.3 Å². The Morgan fingerprint density at radius 2 is 1.48 bits per heavy atom. The molecule has 0 radical (unpaired) electrons. The first-order valence-corrected chi connectivity index (χ1v) is 10.5. The number of phenols is 1. The van der Waals surface area contributed by atoms with Gasteiger partial charge in [0.15, 0.2) is 0 Å². The second-order valence-electron chi connectivity index (χ2n) is 8.13. The van der Waals surface area contributed by atoms with E-state index in [9.17, 15) is 5.11 Å². The molecule has 0 atom stereocenters. The highest BCUT2D eigenvalue weighted by molar-refractivity contribution is 6.05. The van der Waals surface area contributed by atoms with Gasteiger partial charge >= 0.3 is 0 Å². The second-order valence-corrected chi connectivity index (χ2v) is 8.13. The van der Waals surface area contributed by atoms with Gasteiger partial charge in [-0.15, -0.1) is 0 Å². The summed E-state index contributed by atoms with van der Waals surface area (Å²) in [5.41, 5.74) is 7.92. The van der Waals surface area contributed by atoms with Crippen LogP contribution in [0.15, 0.2) is 84.5 Å². The van der Waals surface area contributed by atoms with Crippen molar-refractivity contribution in [3.63, 3.8) is 0 Å². The topological polar surface area (TPSA) is 20.2 Å². The van der Waals surface area contributed by atoms with Gasteiger partial charge in [0.25, 0.3) is 0 Å². The van der Waals surface area contributed by atoms with Crippen molar-refractivity contribution in [1.29, 1.82) is 0 Å². The lowest BCUT2D eigenvalue weighted by Crippen LogP contribution is -2.07. The van der Waals surface area contributed by atoms with Crippen LogP contribution in [0.2, 0.25) is 0 Å². The van der Waals surface area contributed by atoms with E-state index in [2.05, 4.69) is 54.6 Å². The molecule has 1 nitrogen and oxygen atoms in total. The van der Waals surface area contributed by atoms with Crippen LogP contribution in [0.3, 0.4) is 0 Å². The van der Waals surface area contributed by atoms with Crippen LogP contribution in [0.4, 0.5) is 0 Å². The number of hydrogen-bond donors (Lipinski definition) is 1. The van der Waals surface area contributed by atoms with Crippen LogP contribution in [0.1, 0.15) is 30.4 Å². The summed E-state index contributed by atoms with van der Waals surface area (Å²) < 4.78 is 0. The molecule has 2 aliphatic carbocycles. The number of fused-ring (bicyclic) bond motifs is 5. The number of aromatic hydroxyl groups is 1. The Kier molecular flexibility index (Phi) is 3.64. The van der Waals surface area contributed by atoms with Gasteiger partial charge in [0.2, 0.25) is 0 Å². The predicted molar refractivity (Wildman–Crippen MR) is 122 cm³/mol. The number of allylic oxidation sites excluding steroid dienone is 4. The van der Waals surface area contributed by atoms with Crippen LogP contribution < -0.4 is 0 Å². The maximum Gasteiger partial charge on any atom is 0.131 e. The van der Waals surface area contributed by atoms with Crippen LogP contribution in [-0.2, 0) is 6.42 Å². The molecule has 0 saturated heterocycles. The maximum absolute atomic E-state index is 11.0. The Labute approximate surface area is 170 Å². The van der Waals surface area contributed by atoms with Crippen molar-refractivity contribution in [2.45, 2.75) is 25.7 Å². The molecule has 0 saturated carbocycles. The molecule has 0 unspecified atom stereocenters. The van der Waals surface area contributed by atoms with Gasteiger partial charge in [0, 0.05) is 10.9 Å². The van der Waals surface area contributed by atoms with E-state index in [0.29, 0.717) is 5.75 Å². The lowest BCUT2D eigenvalue weighted by molar-refractivity contribution is 0.483. The average molecular weight is 374 g/mol. The van der Waals surface area contributed by atoms with Gasteiger partial charge in [0.05, 0.1) is 0 Å². The van der Waals surface area contributed by atoms with Crippen molar-refractivity contribution in [3.8, 4) is 16.9 Å². The van der Waals surface area contributed by atoms with Crippen molar-refractivity contribution in [2.24, 2.45) is 0 Å². The first-order valence-electron chi connectivity index (χ1n) is 10.5. The maximum atomic E-state index is 11.0. The lowest BCUT2D eigenvalue weighted by Gasteiger charge is -2.26. The largest absolute Gasteiger partial charge is 0.507 e. The van der Waals surface area contributed by atoms with Crippen molar-refractivity contribution in [1.82, 2.24) is 0 Å². The van der Waals surface area contributed by atoms with Gasteiger partial charge in [-0.3, -0.25) is 0 Å². The fourth-order valence-corrected chi connectivity index (χ4v) is 5.18. The molecule has 2 aliphatic rings. The van der Waals surface area contributed by atoms with E-state index in [-0.39, 0.29) is 0 Å². The van der Waals surface area contributed by atoms with Crippen LogP contribution in [0.5, 0.6) is 5.75 Å². The van der Waals surface area contributed by atoms with Crippen molar-refractivity contribution >= 4 is 27.1 Å².